The van der Waals surface area contributed by atoms with Crippen LogP contribution in [0.3, 0.4) is 0 Å². The number of fused-ring (bicyclic) bond motifs is 3. The third-order valence-electron chi connectivity index (χ3n) is 4.64. The van der Waals surface area contributed by atoms with E-state index in [0.29, 0.717) is 0 Å². The van der Waals surface area contributed by atoms with Crippen LogP contribution in [0.5, 0.6) is 0 Å². The van der Waals surface area contributed by atoms with Gasteiger partial charge in [-0.15, -0.1) is 0 Å². The van der Waals surface area contributed by atoms with Gasteiger partial charge in [-0.05, 0) is 61.6 Å². The van der Waals surface area contributed by atoms with Crippen molar-refractivity contribution in [3.63, 3.8) is 0 Å². The fraction of sp³-hybridized carbons (Fsp3) is 0.625. The van der Waals surface area contributed by atoms with E-state index in [1.165, 1.54) is 38.6 Å². The number of rotatable bonds is 3. The van der Waals surface area contributed by atoms with Gasteiger partial charge in [-0.2, -0.15) is 0 Å². The number of benzene rings is 1. The first kappa shape index (κ1) is 11.3. The van der Waals surface area contributed by atoms with Crippen molar-refractivity contribution in [2.24, 2.45) is 5.92 Å². The van der Waals surface area contributed by atoms with Crippen molar-refractivity contribution in [3.05, 3.63) is 35.4 Å². The molecule has 0 aliphatic heterocycles. The average molecular weight is 229 g/mol. The van der Waals surface area contributed by atoms with E-state index in [9.17, 15) is 0 Å². The van der Waals surface area contributed by atoms with Crippen molar-refractivity contribution >= 4 is 0 Å². The Labute approximate surface area is 105 Å². The first-order chi connectivity index (χ1) is 8.40. The quantitative estimate of drug-likeness (QED) is 0.836. The summed E-state index contributed by atoms with van der Waals surface area (Å²) < 4.78 is 0. The van der Waals surface area contributed by atoms with Crippen LogP contribution >= 0.6 is 0 Å². The summed E-state index contributed by atoms with van der Waals surface area (Å²) in [5.74, 6) is 1.76. The van der Waals surface area contributed by atoms with Crippen LogP contribution in [0.15, 0.2) is 24.3 Å². The Hall–Kier alpha value is -0.820. The lowest BCUT2D eigenvalue weighted by Gasteiger charge is -2.45. The third kappa shape index (κ3) is 2.01. The number of nitrogens with one attached hydrogen (secondary N) is 1. The smallest absolute Gasteiger partial charge is 0.0107 e. The van der Waals surface area contributed by atoms with Gasteiger partial charge >= 0.3 is 0 Å². The molecule has 1 fully saturated rings. The molecule has 1 N–H and O–H groups in total. The molecule has 0 saturated heterocycles. The zero-order valence-electron chi connectivity index (χ0n) is 10.8. The molecule has 0 bridgehead atoms. The van der Waals surface area contributed by atoms with E-state index >= 15 is 0 Å². The molecule has 3 rings (SSSR count). The van der Waals surface area contributed by atoms with Gasteiger partial charge in [0.15, 0.2) is 0 Å². The van der Waals surface area contributed by atoms with Gasteiger partial charge in [0.05, 0.1) is 0 Å². The molecule has 1 aromatic rings. The predicted octanol–water partition coefficient (Wildman–Crippen LogP) is 3.49. The van der Waals surface area contributed by atoms with E-state index in [1.54, 1.807) is 11.1 Å². The van der Waals surface area contributed by atoms with Crippen LogP contribution < -0.4 is 5.32 Å². The predicted molar refractivity (Wildman–Crippen MR) is 72.3 cm³/mol. The Kier molecular flexibility index (Phi) is 3.19. The average Bonchev–Trinajstić information content (AvgIpc) is 2.48. The van der Waals surface area contributed by atoms with Crippen LogP contribution in [0, 0.1) is 5.92 Å². The van der Waals surface area contributed by atoms with Crippen LogP contribution in [-0.2, 0) is 6.42 Å². The molecular weight excluding hydrogens is 206 g/mol. The Morgan fingerprint density at radius 3 is 3.06 bits per heavy atom. The minimum atomic E-state index is 0.797. The molecule has 0 amide bonds. The first-order valence-corrected chi connectivity index (χ1v) is 7.21. The molecule has 2 aliphatic carbocycles. The van der Waals surface area contributed by atoms with Crippen LogP contribution in [0.2, 0.25) is 0 Å². The molecule has 0 heterocycles. The molecule has 0 radical (unpaired) electrons. The molecule has 1 aromatic carbocycles. The Morgan fingerprint density at radius 1 is 1.29 bits per heavy atom. The maximum absolute atomic E-state index is 3.73. The van der Waals surface area contributed by atoms with E-state index in [-0.39, 0.29) is 0 Å². The summed E-state index contributed by atoms with van der Waals surface area (Å²) in [5, 5.41) is 3.73. The zero-order chi connectivity index (χ0) is 11.7. The van der Waals surface area contributed by atoms with E-state index in [0.717, 1.165) is 17.9 Å². The van der Waals surface area contributed by atoms with Crippen molar-refractivity contribution in [2.75, 3.05) is 6.54 Å². The Morgan fingerprint density at radius 2 is 2.18 bits per heavy atom. The normalized spacial score (nSPS) is 31.0. The van der Waals surface area contributed by atoms with Crippen molar-refractivity contribution < 1.29 is 0 Å². The maximum atomic E-state index is 3.73. The van der Waals surface area contributed by atoms with Gasteiger partial charge in [-0.25, -0.2) is 0 Å². The lowest BCUT2D eigenvalue weighted by molar-refractivity contribution is 0.157. The molecule has 3 unspecified atom stereocenters. The van der Waals surface area contributed by atoms with Gasteiger partial charge in [0.1, 0.15) is 0 Å². The lowest BCUT2D eigenvalue weighted by Crippen LogP contribution is -2.49. The summed E-state index contributed by atoms with van der Waals surface area (Å²) in [6.07, 6.45) is 6.71. The van der Waals surface area contributed by atoms with Crippen molar-refractivity contribution in [1.82, 2.24) is 5.32 Å². The highest BCUT2D eigenvalue weighted by molar-refractivity contribution is 5.35. The Balaban J connectivity index is 1.75. The molecular formula is C16H23N. The van der Waals surface area contributed by atoms with Crippen molar-refractivity contribution in [2.45, 2.75) is 51.0 Å². The van der Waals surface area contributed by atoms with Gasteiger partial charge in [0.25, 0.3) is 0 Å². The second-order valence-electron chi connectivity index (χ2n) is 5.66. The highest BCUT2D eigenvalue weighted by Crippen LogP contribution is 2.48. The van der Waals surface area contributed by atoms with Gasteiger partial charge in [-0.3, -0.25) is 0 Å². The maximum Gasteiger partial charge on any atom is 0.0107 e. The molecule has 2 aliphatic rings. The highest BCUT2D eigenvalue weighted by Gasteiger charge is 2.42. The summed E-state index contributed by atoms with van der Waals surface area (Å²) in [6.45, 7) is 3.45. The molecule has 1 saturated carbocycles. The second-order valence-corrected chi connectivity index (χ2v) is 5.66. The monoisotopic (exact) mass is 229 g/mol. The van der Waals surface area contributed by atoms with E-state index in [1.807, 2.05) is 0 Å². The topological polar surface area (TPSA) is 12.0 Å². The fourth-order valence-electron chi connectivity index (χ4n) is 3.68. The third-order valence-corrected chi connectivity index (χ3v) is 4.64. The lowest BCUT2D eigenvalue weighted by atomic mass is 9.65. The van der Waals surface area contributed by atoms with E-state index in [4.69, 9.17) is 0 Å². The van der Waals surface area contributed by atoms with Crippen LogP contribution in [-0.4, -0.2) is 12.6 Å². The SMILES string of the molecule is CCCNC1CC2c3ccccc3CCCC12. The summed E-state index contributed by atoms with van der Waals surface area (Å²) in [4.78, 5) is 0. The number of aryl methyl sites for hydroxylation is 1. The molecule has 17 heavy (non-hydrogen) atoms. The summed E-state index contributed by atoms with van der Waals surface area (Å²) in [5.41, 5.74) is 3.28. The van der Waals surface area contributed by atoms with Crippen LogP contribution in [0.4, 0.5) is 0 Å². The molecule has 3 atom stereocenters. The fourth-order valence-corrected chi connectivity index (χ4v) is 3.68. The minimum absolute atomic E-state index is 0.797. The first-order valence-electron chi connectivity index (χ1n) is 7.21. The number of hydrogen-bond donors (Lipinski definition) is 1. The molecule has 0 spiro atoms. The summed E-state index contributed by atoms with van der Waals surface area (Å²) in [6, 6.07) is 9.92. The van der Waals surface area contributed by atoms with E-state index in [2.05, 4.69) is 36.5 Å². The van der Waals surface area contributed by atoms with Gasteiger partial charge in [0.2, 0.25) is 0 Å². The van der Waals surface area contributed by atoms with Crippen molar-refractivity contribution in [1.29, 1.82) is 0 Å². The minimum Gasteiger partial charge on any atom is -0.314 e. The molecule has 1 nitrogen and oxygen atoms in total. The van der Waals surface area contributed by atoms with Crippen LogP contribution in [0.1, 0.15) is 49.7 Å². The summed E-state index contributed by atoms with van der Waals surface area (Å²) >= 11 is 0. The molecule has 0 aromatic heterocycles. The van der Waals surface area contributed by atoms with Gasteiger partial charge in [-0.1, -0.05) is 31.2 Å². The zero-order valence-corrected chi connectivity index (χ0v) is 10.8. The van der Waals surface area contributed by atoms with Crippen molar-refractivity contribution in [3.8, 4) is 0 Å². The number of hydrogen-bond acceptors (Lipinski definition) is 1. The van der Waals surface area contributed by atoms with E-state index < -0.39 is 0 Å². The van der Waals surface area contributed by atoms with Gasteiger partial charge in [0, 0.05) is 6.04 Å². The van der Waals surface area contributed by atoms with Gasteiger partial charge < -0.3 is 5.32 Å². The highest BCUT2D eigenvalue weighted by atomic mass is 14.9. The molecule has 92 valence electrons. The largest absolute Gasteiger partial charge is 0.314 e. The second kappa shape index (κ2) is 4.81. The summed E-state index contributed by atoms with van der Waals surface area (Å²) in [7, 11) is 0. The Bertz CT molecular complexity index is 385. The standard InChI is InChI=1S/C16H23N/c1-2-10-17-16-11-15-13-8-4-3-6-12(13)7-5-9-14(15)16/h3-4,6,8,14-17H,2,5,7,9-11H2,1H3. The van der Waals surface area contributed by atoms with Crippen LogP contribution in [0.25, 0.3) is 0 Å². The molecule has 1 heteroatoms.